The summed E-state index contributed by atoms with van der Waals surface area (Å²) in [7, 11) is 0. The zero-order valence-corrected chi connectivity index (χ0v) is 13.4. The Morgan fingerprint density at radius 3 is 2.24 bits per heavy atom. The van der Waals surface area contributed by atoms with Gasteiger partial charge in [0, 0.05) is 31.3 Å². The number of benzene rings is 1. The van der Waals surface area contributed by atoms with Crippen molar-refractivity contribution in [3.05, 3.63) is 47.7 Å². The average molecular weight is 346 g/mol. The molecule has 0 unspecified atom stereocenters. The van der Waals surface area contributed by atoms with Gasteiger partial charge in [0.05, 0.1) is 16.9 Å². The van der Waals surface area contributed by atoms with Crippen molar-refractivity contribution in [2.45, 2.75) is 25.8 Å². The average Bonchev–Trinajstić information content (AvgIpc) is 3.36. The van der Waals surface area contributed by atoms with Crippen LogP contribution in [0.15, 0.2) is 30.5 Å². The van der Waals surface area contributed by atoms with Gasteiger partial charge in [-0.2, -0.15) is 0 Å². The van der Waals surface area contributed by atoms with E-state index in [1.54, 1.807) is 12.1 Å². The summed E-state index contributed by atoms with van der Waals surface area (Å²) in [5.41, 5.74) is 0.180. The number of nitrogens with one attached hydrogen (secondary N) is 3. The van der Waals surface area contributed by atoms with Crippen molar-refractivity contribution in [2.24, 2.45) is 0 Å². The van der Waals surface area contributed by atoms with Gasteiger partial charge in [0.25, 0.3) is 5.91 Å². The van der Waals surface area contributed by atoms with Gasteiger partial charge in [0.1, 0.15) is 5.82 Å². The van der Waals surface area contributed by atoms with Crippen molar-refractivity contribution >= 4 is 29.0 Å². The van der Waals surface area contributed by atoms with E-state index < -0.39 is 23.4 Å². The molecule has 3 N–H and O–H groups in total. The fraction of sp³-hybridized carbons (Fsp3) is 0.235. The van der Waals surface area contributed by atoms with E-state index in [0.717, 1.165) is 25.0 Å². The molecule has 1 saturated carbocycles. The molecule has 0 radical (unpaired) electrons. The molecule has 1 aromatic heterocycles. The van der Waals surface area contributed by atoms with Crippen molar-refractivity contribution in [1.29, 1.82) is 0 Å². The smallest absolute Gasteiger partial charge is 0.257 e. The van der Waals surface area contributed by atoms with Crippen LogP contribution in [0.2, 0.25) is 0 Å². The van der Waals surface area contributed by atoms with Crippen LogP contribution in [-0.4, -0.2) is 22.8 Å². The Morgan fingerprint density at radius 1 is 1.08 bits per heavy atom. The van der Waals surface area contributed by atoms with Crippen LogP contribution in [0.4, 0.5) is 26.0 Å². The molecule has 6 nitrogen and oxygen atoms in total. The molecule has 1 fully saturated rings. The Morgan fingerprint density at radius 2 is 1.72 bits per heavy atom. The lowest BCUT2D eigenvalue weighted by Gasteiger charge is -2.12. The highest BCUT2D eigenvalue weighted by atomic mass is 19.2. The maximum absolute atomic E-state index is 13.5. The molecule has 2 aromatic rings. The molecule has 0 atom stereocenters. The Balaban J connectivity index is 1.77. The minimum Gasteiger partial charge on any atom is -0.367 e. The minimum atomic E-state index is -1.13. The van der Waals surface area contributed by atoms with Crippen LogP contribution in [0.1, 0.15) is 30.1 Å². The predicted octanol–water partition coefficient (Wildman–Crippen LogP) is 3.14. The highest BCUT2D eigenvalue weighted by Crippen LogP contribution is 2.26. The highest BCUT2D eigenvalue weighted by Gasteiger charge is 2.21. The van der Waals surface area contributed by atoms with Crippen LogP contribution in [0.25, 0.3) is 0 Å². The predicted molar refractivity (Wildman–Crippen MR) is 89.5 cm³/mol. The summed E-state index contributed by atoms with van der Waals surface area (Å²) in [6, 6.07) is 5.31. The molecule has 0 aliphatic heterocycles. The minimum absolute atomic E-state index is 0.0280. The summed E-state index contributed by atoms with van der Waals surface area (Å²) in [4.78, 5) is 27.6. The first kappa shape index (κ1) is 16.8. The fourth-order valence-electron chi connectivity index (χ4n) is 2.19. The second-order valence-electron chi connectivity index (χ2n) is 5.80. The molecule has 0 saturated heterocycles. The van der Waals surface area contributed by atoms with Gasteiger partial charge in [-0.05, 0) is 25.0 Å². The van der Waals surface area contributed by atoms with Crippen molar-refractivity contribution < 1.29 is 18.4 Å². The van der Waals surface area contributed by atoms with Gasteiger partial charge in [-0.1, -0.05) is 0 Å². The van der Waals surface area contributed by atoms with Crippen molar-refractivity contribution in [3.63, 3.8) is 0 Å². The molecule has 0 spiro atoms. The zero-order valence-electron chi connectivity index (χ0n) is 13.4. The van der Waals surface area contributed by atoms with E-state index in [1.165, 1.54) is 13.1 Å². The van der Waals surface area contributed by atoms with Crippen LogP contribution in [0.5, 0.6) is 0 Å². The van der Waals surface area contributed by atoms with Gasteiger partial charge in [-0.3, -0.25) is 9.59 Å². The molecule has 130 valence electrons. The van der Waals surface area contributed by atoms with E-state index in [-0.39, 0.29) is 16.9 Å². The SMILES string of the molecule is CC(=O)Nc1cc(F)c(F)cc1NC(=O)c1ccc(NC2CC2)nc1. The number of hydrogen-bond acceptors (Lipinski definition) is 4. The largest absolute Gasteiger partial charge is 0.367 e. The van der Waals surface area contributed by atoms with Crippen molar-refractivity contribution in [3.8, 4) is 0 Å². The number of halogens is 2. The van der Waals surface area contributed by atoms with E-state index in [0.29, 0.717) is 11.9 Å². The number of amides is 2. The van der Waals surface area contributed by atoms with E-state index in [4.69, 9.17) is 0 Å². The summed E-state index contributed by atoms with van der Waals surface area (Å²) in [5.74, 6) is -2.61. The van der Waals surface area contributed by atoms with Gasteiger partial charge in [0.15, 0.2) is 11.6 Å². The molecular formula is C17H16F2N4O2. The van der Waals surface area contributed by atoms with Crippen LogP contribution >= 0.6 is 0 Å². The third-order valence-corrected chi connectivity index (χ3v) is 3.57. The standard InChI is InChI=1S/C17H16F2N4O2/c1-9(24)21-14-6-12(18)13(19)7-15(14)23-17(25)10-2-5-16(20-8-10)22-11-3-4-11/h2,5-8,11H,3-4H2,1H3,(H,20,22)(H,21,24)(H,23,25). The summed E-state index contributed by atoms with van der Waals surface area (Å²) < 4.78 is 26.8. The highest BCUT2D eigenvalue weighted by molar-refractivity contribution is 6.07. The number of hydrogen-bond donors (Lipinski definition) is 3. The number of pyridine rings is 1. The number of anilines is 3. The third kappa shape index (κ3) is 4.28. The Kier molecular flexibility index (Phi) is 4.60. The number of aromatic nitrogens is 1. The molecule has 8 heteroatoms. The van der Waals surface area contributed by atoms with Crippen molar-refractivity contribution in [2.75, 3.05) is 16.0 Å². The van der Waals surface area contributed by atoms with Gasteiger partial charge >= 0.3 is 0 Å². The van der Waals surface area contributed by atoms with E-state index in [2.05, 4.69) is 20.9 Å². The normalized spacial score (nSPS) is 13.2. The zero-order chi connectivity index (χ0) is 18.0. The molecule has 2 amide bonds. The second-order valence-corrected chi connectivity index (χ2v) is 5.80. The molecule has 1 heterocycles. The monoisotopic (exact) mass is 346 g/mol. The number of carbonyl (C=O) groups is 2. The van der Waals surface area contributed by atoms with E-state index >= 15 is 0 Å². The maximum atomic E-state index is 13.5. The summed E-state index contributed by atoms with van der Waals surface area (Å²) in [6.07, 6.45) is 3.59. The lowest BCUT2D eigenvalue weighted by Crippen LogP contribution is -2.16. The van der Waals surface area contributed by atoms with Gasteiger partial charge < -0.3 is 16.0 Å². The van der Waals surface area contributed by atoms with Crippen LogP contribution in [0, 0.1) is 11.6 Å². The van der Waals surface area contributed by atoms with Gasteiger partial charge in [0.2, 0.25) is 5.91 Å². The van der Waals surface area contributed by atoms with Crippen LogP contribution < -0.4 is 16.0 Å². The van der Waals surface area contributed by atoms with E-state index in [9.17, 15) is 18.4 Å². The number of nitrogens with zero attached hydrogens (tertiary/aromatic N) is 1. The number of carbonyl (C=O) groups excluding carboxylic acids is 2. The first-order chi connectivity index (χ1) is 11.9. The van der Waals surface area contributed by atoms with Crippen molar-refractivity contribution in [1.82, 2.24) is 4.98 Å². The molecule has 0 bridgehead atoms. The molecule has 1 aliphatic rings. The Hall–Kier alpha value is -3.03. The van der Waals surface area contributed by atoms with Gasteiger partial charge in [-0.25, -0.2) is 13.8 Å². The summed E-state index contributed by atoms with van der Waals surface area (Å²) in [5, 5.41) is 8.00. The lowest BCUT2D eigenvalue weighted by atomic mass is 10.2. The first-order valence-electron chi connectivity index (χ1n) is 7.73. The molecule has 25 heavy (non-hydrogen) atoms. The van der Waals surface area contributed by atoms with Gasteiger partial charge in [-0.15, -0.1) is 0 Å². The molecule has 1 aromatic carbocycles. The fourth-order valence-corrected chi connectivity index (χ4v) is 2.19. The summed E-state index contributed by atoms with van der Waals surface area (Å²) in [6.45, 7) is 1.22. The third-order valence-electron chi connectivity index (χ3n) is 3.57. The summed E-state index contributed by atoms with van der Waals surface area (Å²) >= 11 is 0. The topological polar surface area (TPSA) is 83.1 Å². The Labute approximate surface area is 142 Å². The van der Waals surface area contributed by atoms with Crippen LogP contribution in [-0.2, 0) is 4.79 Å². The van der Waals surface area contributed by atoms with E-state index in [1.807, 2.05) is 0 Å². The number of rotatable bonds is 5. The van der Waals surface area contributed by atoms with Crippen LogP contribution in [0.3, 0.4) is 0 Å². The maximum Gasteiger partial charge on any atom is 0.257 e. The molecule has 1 aliphatic carbocycles. The first-order valence-corrected chi connectivity index (χ1v) is 7.73. The quantitative estimate of drug-likeness (QED) is 0.777. The molecular weight excluding hydrogens is 330 g/mol. The molecule has 3 rings (SSSR count). The lowest BCUT2D eigenvalue weighted by molar-refractivity contribution is -0.114. The Bertz CT molecular complexity index is 820. The second kappa shape index (κ2) is 6.84.